The van der Waals surface area contributed by atoms with Crippen LogP contribution < -0.4 is 0 Å². The molecule has 0 aliphatic heterocycles. The van der Waals surface area contributed by atoms with E-state index < -0.39 is 0 Å². The molecular formula is C33H49NO2. The van der Waals surface area contributed by atoms with Crippen molar-refractivity contribution in [3.63, 3.8) is 0 Å². The predicted octanol–water partition coefficient (Wildman–Crippen LogP) is 8.65. The molecule has 8 atom stereocenters. The number of aromatic nitrogens is 1. The Kier molecular flexibility index (Phi) is 7.40. The molecule has 0 N–H and O–H groups in total. The van der Waals surface area contributed by atoms with Gasteiger partial charge in [0, 0.05) is 18.8 Å². The topological polar surface area (TPSA) is 39.2 Å². The molecule has 0 bridgehead atoms. The van der Waals surface area contributed by atoms with Crippen molar-refractivity contribution in [1.82, 2.24) is 4.98 Å². The largest absolute Gasteiger partial charge is 0.458 e. The van der Waals surface area contributed by atoms with Crippen molar-refractivity contribution >= 4 is 5.97 Å². The number of hydrogen-bond acceptors (Lipinski definition) is 3. The summed E-state index contributed by atoms with van der Waals surface area (Å²) in [6.45, 7) is 12.5. The van der Waals surface area contributed by atoms with Crippen LogP contribution >= 0.6 is 0 Å². The molecule has 1 heterocycles. The number of esters is 1. The summed E-state index contributed by atoms with van der Waals surface area (Å²) in [6.07, 6.45) is 20.1. The number of hydrogen-bond donors (Lipinski definition) is 0. The van der Waals surface area contributed by atoms with E-state index in [9.17, 15) is 4.79 Å². The predicted molar refractivity (Wildman–Crippen MR) is 146 cm³/mol. The number of pyridine rings is 1. The fraction of sp³-hybridized carbons (Fsp3) is 0.758. The Morgan fingerprint density at radius 3 is 2.67 bits per heavy atom. The summed E-state index contributed by atoms with van der Waals surface area (Å²) in [5.41, 5.74) is 2.97. The summed E-state index contributed by atoms with van der Waals surface area (Å²) in [7, 11) is 0. The van der Waals surface area contributed by atoms with Crippen molar-refractivity contribution < 1.29 is 9.53 Å². The van der Waals surface area contributed by atoms with Crippen molar-refractivity contribution in [2.75, 3.05) is 0 Å². The maximum absolute atomic E-state index is 12.6. The van der Waals surface area contributed by atoms with Crippen LogP contribution in [0.5, 0.6) is 0 Å². The quantitative estimate of drug-likeness (QED) is 0.283. The highest BCUT2D eigenvalue weighted by atomic mass is 16.5. The number of nitrogens with zero attached hydrogens (tertiary/aromatic N) is 1. The van der Waals surface area contributed by atoms with Gasteiger partial charge in [-0.25, -0.2) is 4.79 Å². The average molecular weight is 492 g/mol. The second-order valence-corrected chi connectivity index (χ2v) is 13.8. The van der Waals surface area contributed by atoms with E-state index in [0.717, 1.165) is 54.8 Å². The molecule has 0 amide bonds. The molecule has 4 aliphatic rings. The van der Waals surface area contributed by atoms with Gasteiger partial charge in [-0.05, 0) is 103 Å². The maximum Gasteiger partial charge on any atom is 0.339 e. The lowest BCUT2D eigenvalue weighted by atomic mass is 9.47. The van der Waals surface area contributed by atoms with Crippen LogP contribution in [0, 0.1) is 46.3 Å². The number of rotatable bonds is 7. The molecule has 1 aromatic rings. The van der Waals surface area contributed by atoms with E-state index in [4.69, 9.17) is 4.74 Å². The second-order valence-electron chi connectivity index (χ2n) is 13.8. The fourth-order valence-corrected chi connectivity index (χ4v) is 9.46. The first kappa shape index (κ1) is 26.0. The molecule has 1 aromatic heterocycles. The minimum atomic E-state index is -0.223. The van der Waals surface area contributed by atoms with Gasteiger partial charge in [0.2, 0.25) is 0 Å². The van der Waals surface area contributed by atoms with Gasteiger partial charge < -0.3 is 4.74 Å². The first-order valence-corrected chi connectivity index (χ1v) is 15.0. The van der Waals surface area contributed by atoms with Crippen LogP contribution in [0.1, 0.15) is 116 Å². The average Bonchev–Trinajstić information content (AvgIpc) is 3.22. The van der Waals surface area contributed by atoms with Crippen LogP contribution in [-0.4, -0.2) is 17.1 Å². The zero-order chi connectivity index (χ0) is 25.5. The molecular weight excluding hydrogens is 442 g/mol. The van der Waals surface area contributed by atoms with Crippen molar-refractivity contribution in [3.05, 3.63) is 41.7 Å². The smallest absolute Gasteiger partial charge is 0.339 e. The Morgan fingerprint density at radius 1 is 1.08 bits per heavy atom. The summed E-state index contributed by atoms with van der Waals surface area (Å²) in [4.78, 5) is 16.7. The lowest BCUT2D eigenvalue weighted by molar-refractivity contribution is -0.0594. The van der Waals surface area contributed by atoms with Gasteiger partial charge in [-0.2, -0.15) is 0 Å². The van der Waals surface area contributed by atoms with Crippen LogP contribution in [0.15, 0.2) is 36.2 Å². The number of fused-ring (bicyclic) bond motifs is 5. The van der Waals surface area contributed by atoms with Crippen LogP contribution in [0.2, 0.25) is 0 Å². The van der Waals surface area contributed by atoms with E-state index in [1.807, 2.05) is 0 Å². The Bertz CT molecular complexity index is 954. The second kappa shape index (κ2) is 10.3. The van der Waals surface area contributed by atoms with E-state index in [-0.39, 0.29) is 12.1 Å². The zero-order valence-corrected chi connectivity index (χ0v) is 23.5. The van der Waals surface area contributed by atoms with Crippen LogP contribution in [-0.2, 0) is 4.74 Å². The van der Waals surface area contributed by atoms with Crippen LogP contribution in [0.25, 0.3) is 0 Å². The molecule has 0 saturated heterocycles. The third kappa shape index (κ3) is 4.69. The van der Waals surface area contributed by atoms with Gasteiger partial charge in [-0.3, -0.25) is 4.98 Å². The molecule has 0 radical (unpaired) electrons. The molecule has 3 fully saturated rings. The van der Waals surface area contributed by atoms with E-state index in [2.05, 4.69) is 45.7 Å². The van der Waals surface area contributed by atoms with Gasteiger partial charge in [0.15, 0.2) is 0 Å². The molecule has 3 nitrogen and oxygen atoms in total. The van der Waals surface area contributed by atoms with Crippen molar-refractivity contribution in [2.45, 2.75) is 111 Å². The SMILES string of the molecule is CC(C)CCC[C@@H](C)[C@@H]1CC[C@@H]2[C@H]3CC=C4C[C@@H](OC(=O)c5cccnc5)CC[C@]4(C)[C@@H]3CC[C@]21C. The van der Waals surface area contributed by atoms with Crippen molar-refractivity contribution in [2.24, 2.45) is 46.3 Å². The Labute approximate surface area is 219 Å². The van der Waals surface area contributed by atoms with E-state index in [0.29, 0.717) is 16.4 Å². The lowest BCUT2D eigenvalue weighted by Gasteiger charge is -2.58. The minimum Gasteiger partial charge on any atom is -0.458 e. The highest BCUT2D eigenvalue weighted by Gasteiger charge is 2.59. The van der Waals surface area contributed by atoms with Crippen LogP contribution in [0.4, 0.5) is 0 Å². The molecule has 36 heavy (non-hydrogen) atoms. The Morgan fingerprint density at radius 2 is 1.92 bits per heavy atom. The third-order valence-corrected chi connectivity index (χ3v) is 11.4. The molecule has 0 spiro atoms. The van der Waals surface area contributed by atoms with E-state index in [1.165, 1.54) is 51.4 Å². The number of carbonyl (C=O) groups excluding carboxylic acids is 1. The molecule has 0 aromatic carbocycles. The molecule has 0 unspecified atom stereocenters. The summed E-state index contributed by atoms with van der Waals surface area (Å²) in [5.74, 6) is 4.93. The summed E-state index contributed by atoms with van der Waals surface area (Å²) in [6, 6.07) is 3.60. The standard InChI is InChI=1S/C33H49NO2/c1-22(2)8-6-9-23(3)28-13-14-29-27-12-11-25-20-26(36-31(35)24-10-7-19-34-21-24)15-17-32(25,4)30(27)16-18-33(28,29)5/h7,10-11,19,21-23,26-30H,6,8-9,12-18,20H2,1-5H3/t23-,26+,27-,28+,29-,30-,32+,33+/m1/s1. The van der Waals surface area contributed by atoms with E-state index >= 15 is 0 Å². The number of ether oxygens (including phenoxy) is 1. The summed E-state index contributed by atoms with van der Waals surface area (Å²) < 4.78 is 5.96. The Balaban J connectivity index is 1.25. The van der Waals surface area contributed by atoms with Crippen molar-refractivity contribution in [3.8, 4) is 0 Å². The lowest BCUT2D eigenvalue weighted by Crippen LogP contribution is -2.51. The van der Waals surface area contributed by atoms with Crippen LogP contribution in [0.3, 0.4) is 0 Å². The molecule has 3 heteroatoms. The molecule has 3 saturated carbocycles. The third-order valence-electron chi connectivity index (χ3n) is 11.4. The van der Waals surface area contributed by atoms with Gasteiger partial charge in [-0.15, -0.1) is 0 Å². The van der Waals surface area contributed by atoms with Gasteiger partial charge in [-0.1, -0.05) is 65.5 Å². The molecule has 4 aliphatic carbocycles. The monoisotopic (exact) mass is 491 g/mol. The first-order chi connectivity index (χ1) is 17.2. The van der Waals surface area contributed by atoms with E-state index in [1.54, 1.807) is 30.1 Å². The number of carbonyl (C=O) groups is 1. The Hall–Kier alpha value is -1.64. The molecule has 5 rings (SSSR count). The van der Waals surface area contributed by atoms with Gasteiger partial charge in [0.1, 0.15) is 6.10 Å². The summed E-state index contributed by atoms with van der Waals surface area (Å²) >= 11 is 0. The van der Waals surface area contributed by atoms with Gasteiger partial charge >= 0.3 is 5.97 Å². The maximum atomic E-state index is 12.6. The normalized spacial score (nSPS) is 38.5. The van der Waals surface area contributed by atoms with Gasteiger partial charge in [0.25, 0.3) is 0 Å². The highest BCUT2D eigenvalue weighted by molar-refractivity contribution is 5.89. The van der Waals surface area contributed by atoms with Crippen molar-refractivity contribution in [1.29, 1.82) is 0 Å². The zero-order valence-electron chi connectivity index (χ0n) is 23.5. The molecule has 198 valence electrons. The minimum absolute atomic E-state index is 0.00462. The van der Waals surface area contributed by atoms with Gasteiger partial charge in [0.05, 0.1) is 5.56 Å². The highest BCUT2D eigenvalue weighted by Crippen LogP contribution is 2.67. The fourth-order valence-electron chi connectivity index (χ4n) is 9.46. The number of allylic oxidation sites excluding steroid dienone is 1. The summed E-state index contributed by atoms with van der Waals surface area (Å²) in [5, 5.41) is 0. The first-order valence-electron chi connectivity index (χ1n) is 15.0.